The molecule has 1 N–H and O–H groups in total. The number of halogens is 2. The van der Waals surface area contributed by atoms with Gasteiger partial charge >= 0.3 is 0 Å². The Morgan fingerprint density at radius 2 is 1.88 bits per heavy atom. The predicted molar refractivity (Wildman–Crippen MR) is 64.4 cm³/mol. The lowest BCUT2D eigenvalue weighted by Gasteiger charge is -2.34. The van der Waals surface area contributed by atoms with E-state index in [-0.39, 0.29) is 30.4 Å². The van der Waals surface area contributed by atoms with Gasteiger partial charge in [-0.3, -0.25) is 0 Å². The number of hydrogen-bond acceptors (Lipinski definition) is 2. The molecule has 0 aliphatic carbocycles. The summed E-state index contributed by atoms with van der Waals surface area (Å²) in [6.07, 6.45) is 0.0294. The Morgan fingerprint density at radius 1 is 1.25 bits per heavy atom. The van der Waals surface area contributed by atoms with E-state index in [0.717, 1.165) is 5.56 Å². The first-order valence-corrected chi connectivity index (χ1v) is 5.30. The summed E-state index contributed by atoms with van der Waals surface area (Å²) in [5, 5.41) is 3.42. The largest absolute Gasteiger partial charge is 0.370 e. The fourth-order valence-corrected chi connectivity index (χ4v) is 2.01. The van der Waals surface area contributed by atoms with Crippen LogP contribution in [0.25, 0.3) is 0 Å². The summed E-state index contributed by atoms with van der Waals surface area (Å²) >= 11 is 0. The maximum atomic E-state index is 12.8. The van der Waals surface area contributed by atoms with Crippen molar-refractivity contribution >= 4 is 12.4 Å². The molecule has 4 heteroatoms. The van der Waals surface area contributed by atoms with E-state index in [1.54, 1.807) is 12.1 Å². The molecule has 1 heterocycles. The van der Waals surface area contributed by atoms with Crippen LogP contribution in [-0.2, 0) is 4.74 Å². The third-order valence-corrected chi connectivity index (χ3v) is 2.73. The van der Waals surface area contributed by atoms with Gasteiger partial charge in [-0.15, -0.1) is 12.4 Å². The highest BCUT2D eigenvalue weighted by atomic mass is 35.5. The minimum Gasteiger partial charge on any atom is -0.370 e. The Bertz CT molecular complexity index is 330. The second-order valence-corrected chi connectivity index (χ2v) is 4.16. The van der Waals surface area contributed by atoms with Gasteiger partial charge in [0.15, 0.2) is 0 Å². The van der Waals surface area contributed by atoms with Crippen LogP contribution in [0.4, 0.5) is 4.39 Å². The Balaban J connectivity index is 0.00000128. The highest BCUT2D eigenvalue weighted by Gasteiger charge is 2.26. The molecule has 0 bridgehead atoms. The van der Waals surface area contributed by atoms with Crippen LogP contribution >= 0.6 is 12.4 Å². The molecule has 0 aromatic heterocycles. The highest BCUT2D eigenvalue weighted by Crippen LogP contribution is 2.24. The second-order valence-electron chi connectivity index (χ2n) is 4.16. The molecule has 1 saturated heterocycles. The van der Waals surface area contributed by atoms with Gasteiger partial charge in [-0.1, -0.05) is 12.1 Å². The molecule has 0 unspecified atom stereocenters. The summed E-state index contributed by atoms with van der Waals surface area (Å²) in [5.74, 6) is -0.205. The van der Waals surface area contributed by atoms with Gasteiger partial charge < -0.3 is 10.1 Å². The zero-order chi connectivity index (χ0) is 10.8. The Morgan fingerprint density at radius 3 is 2.44 bits per heavy atom. The SMILES string of the molecule is C[C@@H]1CO[C@@H](c2ccc(F)cc2)[C@H](C)N1.Cl. The molecule has 0 amide bonds. The molecular weight excluding hydrogens is 229 g/mol. The molecule has 2 nitrogen and oxygen atoms in total. The van der Waals surface area contributed by atoms with E-state index in [2.05, 4.69) is 19.2 Å². The van der Waals surface area contributed by atoms with Crippen molar-refractivity contribution in [3.63, 3.8) is 0 Å². The Kier molecular flexibility index (Phi) is 4.71. The third kappa shape index (κ3) is 2.94. The maximum absolute atomic E-state index is 12.8. The summed E-state index contributed by atoms with van der Waals surface area (Å²) in [5.41, 5.74) is 1.03. The molecular formula is C12H17ClFNO. The summed E-state index contributed by atoms with van der Waals surface area (Å²) in [7, 11) is 0. The minimum absolute atomic E-state index is 0. The lowest BCUT2D eigenvalue weighted by atomic mass is 10.0. The number of benzene rings is 1. The van der Waals surface area contributed by atoms with Crippen LogP contribution in [0.3, 0.4) is 0 Å². The second kappa shape index (κ2) is 5.62. The quantitative estimate of drug-likeness (QED) is 0.822. The summed E-state index contributed by atoms with van der Waals surface area (Å²) in [4.78, 5) is 0. The lowest BCUT2D eigenvalue weighted by molar-refractivity contribution is -0.0207. The zero-order valence-electron chi connectivity index (χ0n) is 9.44. The molecule has 1 aromatic carbocycles. The minimum atomic E-state index is -0.205. The first-order chi connectivity index (χ1) is 7.16. The Hall–Kier alpha value is -0.640. The number of nitrogens with one attached hydrogen (secondary N) is 1. The van der Waals surface area contributed by atoms with Crippen LogP contribution in [0.2, 0.25) is 0 Å². The normalized spacial score (nSPS) is 29.6. The van der Waals surface area contributed by atoms with Crippen molar-refractivity contribution in [1.29, 1.82) is 0 Å². The monoisotopic (exact) mass is 245 g/mol. The number of rotatable bonds is 1. The molecule has 90 valence electrons. The van der Waals surface area contributed by atoms with Crippen LogP contribution < -0.4 is 5.32 Å². The van der Waals surface area contributed by atoms with Crippen LogP contribution in [-0.4, -0.2) is 18.7 Å². The van der Waals surface area contributed by atoms with Crippen molar-refractivity contribution < 1.29 is 9.13 Å². The van der Waals surface area contributed by atoms with Crippen LogP contribution in [0.15, 0.2) is 24.3 Å². The van der Waals surface area contributed by atoms with Crippen molar-refractivity contribution in [2.24, 2.45) is 0 Å². The fourth-order valence-electron chi connectivity index (χ4n) is 2.01. The van der Waals surface area contributed by atoms with Gasteiger partial charge in [0, 0.05) is 12.1 Å². The number of hydrogen-bond donors (Lipinski definition) is 1. The van der Waals surface area contributed by atoms with E-state index in [4.69, 9.17) is 4.74 Å². The molecule has 16 heavy (non-hydrogen) atoms. The molecule has 1 aromatic rings. The molecule has 3 atom stereocenters. The lowest BCUT2D eigenvalue weighted by Crippen LogP contribution is -2.47. The van der Waals surface area contributed by atoms with Crippen molar-refractivity contribution in [2.45, 2.75) is 32.0 Å². The molecule has 1 aliphatic rings. The van der Waals surface area contributed by atoms with Gasteiger partial charge in [-0.25, -0.2) is 4.39 Å². The average molecular weight is 246 g/mol. The fraction of sp³-hybridized carbons (Fsp3) is 0.500. The van der Waals surface area contributed by atoms with Gasteiger partial charge in [-0.05, 0) is 31.5 Å². The molecule has 1 aliphatic heterocycles. The van der Waals surface area contributed by atoms with Gasteiger partial charge in [0.25, 0.3) is 0 Å². The van der Waals surface area contributed by atoms with Crippen molar-refractivity contribution in [1.82, 2.24) is 5.32 Å². The topological polar surface area (TPSA) is 21.3 Å². The summed E-state index contributed by atoms with van der Waals surface area (Å²) < 4.78 is 18.5. The predicted octanol–water partition coefficient (Wildman–Crippen LogP) is 2.69. The van der Waals surface area contributed by atoms with Gasteiger partial charge in [-0.2, -0.15) is 0 Å². The summed E-state index contributed by atoms with van der Waals surface area (Å²) in [6, 6.07) is 7.17. The average Bonchev–Trinajstić information content (AvgIpc) is 2.20. The number of ether oxygens (including phenoxy) is 1. The van der Waals surface area contributed by atoms with E-state index in [9.17, 15) is 4.39 Å². The van der Waals surface area contributed by atoms with Crippen molar-refractivity contribution in [3.05, 3.63) is 35.6 Å². The van der Waals surface area contributed by atoms with Gasteiger partial charge in [0.05, 0.1) is 12.7 Å². The highest BCUT2D eigenvalue weighted by molar-refractivity contribution is 5.85. The molecule has 1 fully saturated rings. The zero-order valence-corrected chi connectivity index (χ0v) is 10.3. The van der Waals surface area contributed by atoms with E-state index < -0.39 is 0 Å². The van der Waals surface area contributed by atoms with E-state index in [1.165, 1.54) is 12.1 Å². The van der Waals surface area contributed by atoms with Gasteiger partial charge in [0.2, 0.25) is 0 Å². The third-order valence-electron chi connectivity index (χ3n) is 2.73. The molecule has 0 radical (unpaired) electrons. The van der Waals surface area contributed by atoms with E-state index in [1.807, 2.05) is 0 Å². The first-order valence-electron chi connectivity index (χ1n) is 5.30. The van der Waals surface area contributed by atoms with E-state index in [0.29, 0.717) is 12.6 Å². The van der Waals surface area contributed by atoms with E-state index >= 15 is 0 Å². The van der Waals surface area contributed by atoms with Crippen LogP contribution in [0, 0.1) is 5.82 Å². The van der Waals surface area contributed by atoms with Crippen molar-refractivity contribution in [2.75, 3.05) is 6.61 Å². The molecule has 0 spiro atoms. The van der Waals surface area contributed by atoms with Crippen molar-refractivity contribution in [3.8, 4) is 0 Å². The van der Waals surface area contributed by atoms with Gasteiger partial charge in [0.1, 0.15) is 5.82 Å². The first kappa shape index (κ1) is 13.4. The van der Waals surface area contributed by atoms with Crippen LogP contribution in [0.5, 0.6) is 0 Å². The maximum Gasteiger partial charge on any atom is 0.123 e. The molecule has 2 rings (SSSR count). The molecule has 0 saturated carbocycles. The summed E-state index contributed by atoms with van der Waals surface area (Å²) in [6.45, 7) is 4.88. The standard InChI is InChI=1S/C12H16FNO.ClH/c1-8-7-15-12(9(2)14-8)10-3-5-11(13)6-4-10;/h3-6,8-9,12,14H,7H2,1-2H3;1H/t8-,9+,12-;/m1./s1. The van der Waals surface area contributed by atoms with Crippen LogP contribution in [0.1, 0.15) is 25.5 Å². The Labute approximate surface area is 102 Å². The number of morpholine rings is 1. The smallest absolute Gasteiger partial charge is 0.123 e.